The van der Waals surface area contributed by atoms with Crippen LogP contribution in [0.2, 0.25) is 0 Å². The highest BCUT2D eigenvalue weighted by molar-refractivity contribution is 5.81. The van der Waals surface area contributed by atoms with Crippen molar-refractivity contribution >= 4 is 5.91 Å². The second kappa shape index (κ2) is 7.82. The maximum absolute atomic E-state index is 13.7. The van der Waals surface area contributed by atoms with E-state index in [9.17, 15) is 9.18 Å². The minimum Gasteiger partial charge on any atom is -0.481 e. The Morgan fingerprint density at radius 3 is 2.62 bits per heavy atom. The van der Waals surface area contributed by atoms with Gasteiger partial charge in [-0.05, 0) is 36.8 Å². The number of aryl methyl sites for hydroxylation is 1. The number of hydrogen-bond acceptors (Lipinski definition) is 3. The van der Waals surface area contributed by atoms with E-state index >= 15 is 0 Å². The molecule has 1 aromatic heterocycles. The molecule has 0 aliphatic rings. The van der Waals surface area contributed by atoms with Crippen LogP contribution in [0.3, 0.4) is 0 Å². The molecule has 0 saturated carbocycles. The van der Waals surface area contributed by atoms with Crippen molar-refractivity contribution in [2.75, 3.05) is 0 Å². The number of halogens is 1. The summed E-state index contributed by atoms with van der Waals surface area (Å²) in [5, 5.41) is 2.91. The number of amides is 1. The van der Waals surface area contributed by atoms with E-state index in [-0.39, 0.29) is 11.7 Å². The van der Waals surface area contributed by atoms with Gasteiger partial charge in [-0.25, -0.2) is 9.37 Å². The number of imidazole rings is 1. The molecule has 1 N–H and O–H groups in total. The van der Waals surface area contributed by atoms with Crippen molar-refractivity contribution in [1.29, 1.82) is 0 Å². The second-order valence-electron chi connectivity index (χ2n) is 5.97. The number of nitrogens with one attached hydrogen (secondary N) is 1. The van der Waals surface area contributed by atoms with Gasteiger partial charge in [-0.15, -0.1) is 0 Å². The molecule has 0 aliphatic heterocycles. The number of carbonyl (C=O) groups excluding carboxylic acids is 1. The van der Waals surface area contributed by atoms with E-state index in [2.05, 4.69) is 10.3 Å². The van der Waals surface area contributed by atoms with Gasteiger partial charge in [0, 0.05) is 19.4 Å². The van der Waals surface area contributed by atoms with Gasteiger partial charge in [0.15, 0.2) is 6.10 Å². The summed E-state index contributed by atoms with van der Waals surface area (Å²) in [6.45, 7) is 1.67. The fraction of sp³-hybridized carbons (Fsp3) is 0.200. The summed E-state index contributed by atoms with van der Waals surface area (Å²) < 4.78 is 21.1. The Balaban J connectivity index is 1.81. The summed E-state index contributed by atoms with van der Waals surface area (Å²) >= 11 is 0. The first kappa shape index (κ1) is 17.7. The van der Waals surface area contributed by atoms with Gasteiger partial charge in [-0.3, -0.25) is 4.79 Å². The van der Waals surface area contributed by atoms with Crippen molar-refractivity contribution in [3.8, 4) is 5.75 Å². The lowest BCUT2D eigenvalue weighted by atomic mass is 10.1. The fourth-order valence-electron chi connectivity index (χ4n) is 2.65. The Morgan fingerprint density at radius 1 is 1.19 bits per heavy atom. The van der Waals surface area contributed by atoms with Crippen LogP contribution in [0.15, 0.2) is 67.0 Å². The van der Waals surface area contributed by atoms with Crippen molar-refractivity contribution < 1.29 is 13.9 Å². The summed E-state index contributed by atoms with van der Waals surface area (Å²) in [4.78, 5) is 17.0. The highest BCUT2D eigenvalue weighted by Gasteiger charge is 2.24. The van der Waals surface area contributed by atoms with Crippen molar-refractivity contribution in [2.45, 2.75) is 19.1 Å². The molecule has 0 saturated heterocycles. The molecule has 1 amide bonds. The lowest BCUT2D eigenvalue weighted by Gasteiger charge is -2.22. The first-order valence-corrected chi connectivity index (χ1v) is 8.29. The van der Waals surface area contributed by atoms with Crippen molar-refractivity contribution in [2.24, 2.45) is 7.05 Å². The maximum atomic E-state index is 13.7. The maximum Gasteiger partial charge on any atom is 0.261 e. The summed E-state index contributed by atoms with van der Waals surface area (Å²) in [6.07, 6.45) is 2.70. The molecule has 3 aromatic rings. The molecule has 2 aromatic carbocycles. The Labute approximate surface area is 151 Å². The third kappa shape index (κ3) is 4.08. The molecule has 0 aliphatic carbocycles. The molecule has 5 nitrogen and oxygen atoms in total. The van der Waals surface area contributed by atoms with Crippen molar-refractivity contribution in [1.82, 2.24) is 14.9 Å². The van der Waals surface area contributed by atoms with Crippen LogP contribution >= 0.6 is 0 Å². The quantitative estimate of drug-likeness (QED) is 0.740. The Morgan fingerprint density at radius 2 is 1.96 bits per heavy atom. The Kier molecular flexibility index (Phi) is 5.31. The van der Waals surface area contributed by atoms with Gasteiger partial charge in [0.2, 0.25) is 0 Å². The molecular weight excluding hydrogens is 333 g/mol. The third-order valence-corrected chi connectivity index (χ3v) is 4.01. The number of rotatable bonds is 6. The number of carbonyl (C=O) groups is 1. The predicted molar refractivity (Wildman–Crippen MR) is 96.1 cm³/mol. The summed E-state index contributed by atoms with van der Waals surface area (Å²) in [7, 11) is 1.82. The zero-order chi connectivity index (χ0) is 18.5. The van der Waals surface area contributed by atoms with Crippen LogP contribution in [-0.2, 0) is 11.8 Å². The molecule has 2 unspecified atom stereocenters. The zero-order valence-corrected chi connectivity index (χ0v) is 14.6. The molecule has 134 valence electrons. The van der Waals surface area contributed by atoms with Gasteiger partial charge in [-0.2, -0.15) is 0 Å². The summed E-state index contributed by atoms with van der Waals surface area (Å²) in [5.41, 5.74) is 0.611. The van der Waals surface area contributed by atoms with Crippen LogP contribution in [0.25, 0.3) is 0 Å². The van der Waals surface area contributed by atoms with Gasteiger partial charge >= 0.3 is 0 Å². The topological polar surface area (TPSA) is 56.1 Å². The fourth-order valence-corrected chi connectivity index (χ4v) is 2.65. The molecular formula is C20H20FN3O2. The number of hydrogen-bond donors (Lipinski definition) is 1. The molecule has 0 radical (unpaired) electrons. The highest BCUT2D eigenvalue weighted by Crippen LogP contribution is 2.22. The summed E-state index contributed by atoms with van der Waals surface area (Å²) in [6, 6.07) is 14.6. The van der Waals surface area contributed by atoms with E-state index < -0.39 is 12.1 Å². The van der Waals surface area contributed by atoms with Gasteiger partial charge in [0.05, 0.1) is 0 Å². The molecule has 0 fully saturated rings. The van der Waals surface area contributed by atoms with Crippen LogP contribution in [-0.4, -0.2) is 21.6 Å². The standard InChI is InChI=1S/C20H20FN3O2/c1-14(26-17-9-4-3-5-10-17)20(25)23-18(19-22-11-12-24(19)2)15-7-6-8-16(21)13-15/h3-14,18H,1-2H3,(H,23,25). The van der Waals surface area contributed by atoms with E-state index in [0.29, 0.717) is 17.1 Å². The minimum atomic E-state index is -0.714. The summed E-state index contributed by atoms with van der Waals surface area (Å²) in [5.74, 6) is 0.529. The van der Waals surface area contributed by atoms with E-state index in [0.717, 1.165) is 0 Å². The molecule has 0 spiro atoms. The SMILES string of the molecule is CC(Oc1ccccc1)C(=O)NC(c1cccc(F)c1)c1nccn1C. The predicted octanol–water partition coefficient (Wildman–Crippen LogP) is 3.23. The molecule has 3 rings (SSSR count). The van der Waals surface area contributed by atoms with Crippen LogP contribution in [0.5, 0.6) is 5.75 Å². The van der Waals surface area contributed by atoms with Crippen LogP contribution < -0.4 is 10.1 Å². The first-order chi connectivity index (χ1) is 12.5. The van der Waals surface area contributed by atoms with E-state index in [1.807, 2.05) is 25.2 Å². The first-order valence-electron chi connectivity index (χ1n) is 8.29. The average Bonchev–Trinajstić information content (AvgIpc) is 3.06. The monoisotopic (exact) mass is 353 g/mol. The molecule has 0 bridgehead atoms. The minimum absolute atomic E-state index is 0.314. The molecule has 26 heavy (non-hydrogen) atoms. The van der Waals surface area contributed by atoms with Crippen LogP contribution in [0.4, 0.5) is 4.39 Å². The lowest BCUT2D eigenvalue weighted by molar-refractivity contribution is -0.127. The Bertz CT molecular complexity index is 880. The number of ether oxygens (including phenoxy) is 1. The second-order valence-corrected chi connectivity index (χ2v) is 5.97. The van der Waals surface area contributed by atoms with E-state index in [1.54, 1.807) is 48.1 Å². The smallest absolute Gasteiger partial charge is 0.261 e. The Hall–Kier alpha value is -3.15. The normalized spacial score (nSPS) is 13.0. The van der Waals surface area contributed by atoms with Crippen LogP contribution in [0, 0.1) is 5.82 Å². The lowest BCUT2D eigenvalue weighted by Crippen LogP contribution is -2.39. The molecule has 1 heterocycles. The van der Waals surface area contributed by atoms with Gasteiger partial charge < -0.3 is 14.6 Å². The van der Waals surface area contributed by atoms with Gasteiger partial charge in [0.1, 0.15) is 23.4 Å². The van der Waals surface area contributed by atoms with E-state index in [1.165, 1.54) is 12.1 Å². The number of aromatic nitrogens is 2. The highest BCUT2D eigenvalue weighted by atomic mass is 19.1. The average molecular weight is 353 g/mol. The van der Waals surface area contributed by atoms with Gasteiger partial charge in [0.25, 0.3) is 5.91 Å². The van der Waals surface area contributed by atoms with Crippen LogP contribution in [0.1, 0.15) is 24.4 Å². The molecule has 2 atom stereocenters. The number of benzene rings is 2. The van der Waals surface area contributed by atoms with Crippen molar-refractivity contribution in [3.05, 3.63) is 84.2 Å². The third-order valence-electron chi connectivity index (χ3n) is 4.01. The number of para-hydroxylation sites is 1. The molecule has 6 heteroatoms. The van der Waals surface area contributed by atoms with Gasteiger partial charge in [-0.1, -0.05) is 30.3 Å². The zero-order valence-electron chi connectivity index (χ0n) is 14.6. The van der Waals surface area contributed by atoms with Crippen molar-refractivity contribution in [3.63, 3.8) is 0 Å². The van der Waals surface area contributed by atoms with E-state index in [4.69, 9.17) is 4.74 Å². The number of nitrogens with zero attached hydrogens (tertiary/aromatic N) is 2. The largest absolute Gasteiger partial charge is 0.481 e.